The average Bonchev–Trinajstić information content (AvgIpc) is 2.21. The number of fused-ring (bicyclic) bond motifs is 1. The van der Waals surface area contributed by atoms with Crippen molar-refractivity contribution >= 4 is 0 Å². The molecule has 88 valence electrons. The van der Waals surface area contributed by atoms with E-state index in [-0.39, 0.29) is 6.10 Å². The second kappa shape index (κ2) is 4.81. The zero-order chi connectivity index (χ0) is 10.7. The molecule has 1 heterocycles. The van der Waals surface area contributed by atoms with E-state index in [1.807, 2.05) is 0 Å². The van der Waals surface area contributed by atoms with Crippen LogP contribution in [0.1, 0.15) is 58.3 Å². The van der Waals surface area contributed by atoms with Gasteiger partial charge in [-0.3, -0.25) is 0 Å². The van der Waals surface area contributed by atoms with Crippen LogP contribution >= 0.6 is 0 Å². The van der Waals surface area contributed by atoms with Gasteiger partial charge in [-0.05, 0) is 32.6 Å². The van der Waals surface area contributed by atoms with Crippen molar-refractivity contribution in [2.75, 3.05) is 0 Å². The maximum absolute atomic E-state index is 9.19. The fourth-order valence-corrected chi connectivity index (χ4v) is 3.04. The molecule has 15 heavy (non-hydrogen) atoms. The lowest BCUT2D eigenvalue weighted by atomic mass is 9.80. The van der Waals surface area contributed by atoms with Crippen LogP contribution in [-0.2, 0) is 9.62 Å². The van der Waals surface area contributed by atoms with Crippen molar-refractivity contribution in [3.63, 3.8) is 0 Å². The van der Waals surface area contributed by atoms with Crippen LogP contribution in [0.25, 0.3) is 0 Å². The highest BCUT2D eigenvalue weighted by molar-refractivity contribution is 4.85. The molecule has 1 aliphatic carbocycles. The summed E-state index contributed by atoms with van der Waals surface area (Å²) >= 11 is 0. The lowest BCUT2D eigenvalue weighted by Crippen LogP contribution is -2.49. The van der Waals surface area contributed by atoms with Gasteiger partial charge in [-0.2, -0.15) is 0 Å². The molecule has 1 aliphatic heterocycles. The van der Waals surface area contributed by atoms with Gasteiger partial charge in [0.25, 0.3) is 0 Å². The van der Waals surface area contributed by atoms with Crippen molar-refractivity contribution in [2.24, 2.45) is 5.92 Å². The molecule has 0 spiro atoms. The fourth-order valence-electron chi connectivity index (χ4n) is 3.04. The van der Waals surface area contributed by atoms with Gasteiger partial charge in [0.2, 0.25) is 5.79 Å². The predicted molar refractivity (Wildman–Crippen MR) is 57.4 cm³/mol. The topological polar surface area (TPSA) is 38.7 Å². The van der Waals surface area contributed by atoms with Gasteiger partial charge in [-0.25, -0.2) is 10.1 Å². The zero-order valence-electron chi connectivity index (χ0n) is 9.58. The largest absolute Gasteiger partial charge is 0.344 e. The zero-order valence-corrected chi connectivity index (χ0v) is 9.58. The van der Waals surface area contributed by atoms with Gasteiger partial charge < -0.3 is 4.74 Å². The van der Waals surface area contributed by atoms with Crippen molar-refractivity contribution in [3.05, 3.63) is 0 Å². The molecule has 3 unspecified atom stereocenters. The molecular formula is C12H22O3. The minimum Gasteiger partial charge on any atom is -0.344 e. The molecule has 3 atom stereocenters. The molecule has 2 rings (SSSR count). The number of ether oxygens (including phenoxy) is 1. The van der Waals surface area contributed by atoms with Crippen LogP contribution in [0.5, 0.6) is 0 Å². The molecule has 0 aromatic rings. The van der Waals surface area contributed by atoms with E-state index in [2.05, 4.69) is 6.92 Å². The molecule has 0 bridgehead atoms. The van der Waals surface area contributed by atoms with E-state index >= 15 is 0 Å². The van der Waals surface area contributed by atoms with Gasteiger partial charge >= 0.3 is 0 Å². The molecule has 0 radical (unpaired) electrons. The van der Waals surface area contributed by atoms with Crippen LogP contribution in [0.4, 0.5) is 0 Å². The second-order valence-electron chi connectivity index (χ2n) is 5.06. The van der Waals surface area contributed by atoms with Crippen molar-refractivity contribution in [1.29, 1.82) is 0 Å². The van der Waals surface area contributed by atoms with E-state index < -0.39 is 5.79 Å². The molecule has 1 saturated carbocycles. The van der Waals surface area contributed by atoms with Crippen LogP contribution < -0.4 is 0 Å². The predicted octanol–water partition coefficient (Wildman–Crippen LogP) is 3.34. The Bertz CT molecular complexity index is 205. The molecule has 3 heteroatoms. The Morgan fingerprint density at radius 3 is 2.73 bits per heavy atom. The molecule has 0 amide bonds. The summed E-state index contributed by atoms with van der Waals surface area (Å²) in [7, 11) is 0. The Morgan fingerprint density at radius 1 is 1.13 bits per heavy atom. The van der Waals surface area contributed by atoms with Crippen molar-refractivity contribution in [3.8, 4) is 0 Å². The standard InChI is InChI=1S/C12H22O3/c1-10-7-8-11-6-4-2-3-5-9-12(11,14-10)15-13/h10-11,13H,2-9H2,1H3. The molecule has 0 aromatic carbocycles. The van der Waals surface area contributed by atoms with E-state index in [4.69, 9.17) is 9.62 Å². The minimum atomic E-state index is -0.682. The first-order valence-electron chi connectivity index (χ1n) is 6.27. The van der Waals surface area contributed by atoms with Gasteiger partial charge in [0.15, 0.2) is 0 Å². The van der Waals surface area contributed by atoms with Crippen molar-refractivity contribution in [1.82, 2.24) is 0 Å². The summed E-state index contributed by atoms with van der Waals surface area (Å²) in [6, 6.07) is 0. The van der Waals surface area contributed by atoms with Crippen LogP contribution in [-0.4, -0.2) is 17.1 Å². The lowest BCUT2D eigenvalue weighted by Gasteiger charge is -2.44. The fraction of sp³-hybridized carbons (Fsp3) is 1.00. The van der Waals surface area contributed by atoms with Crippen LogP contribution in [0.15, 0.2) is 0 Å². The van der Waals surface area contributed by atoms with Gasteiger partial charge in [0, 0.05) is 12.3 Å². The highest BCUT2D eigenvalue weighted by Crippen LogP contribution is 2.42. The summed E-state index contributed by atoms with van der Waals surface area (Å²) in [4.78, 5) is 4.77. The minimum absolute atomic E-state index is 0.216. The van der Waals surface area contributed by atoms with E-state index in [9.17, 15) is 5.26 Å². The third-order valence-corrected chi connectivity index (χ3v) is 3.93. The Labute approximate surface area is 91.7 Å². The molecule has 0 aromatic heterocycles. The van der Waals surface area contributed by atoms with Crippen molar-refractivity contribution in [2.45, 2.75) is 70.2 Å². The van der Waals surface area contributed by atoms with Gasteiger partial charge in [0.05, 0.1) is 6.10 Å². The summed E-state index contributed by atoms with van der Waals surface area (Å²) in [5.74, 6) is -0.294. The Hall–Kier alpha value is -0.120. The van der Waals surface area contributed by atoms with Crippen molar-refractivity contribution < 1.29 is 14.9 Å². The van der Waals surface area contributed by atoms with Gasteiger partial charge in [-0.1, -0.05) is 19.3 Å². The van der Waals surface area contributed by atoms with E-state index in [1.165, 1.54) is 19.3 Å². The molecular weight excluding hydrogens is 192 g/mol. The van der Waals surface area contributed by atoms with Crippen LogP contribution in [0, 0.1) is 5.92 Å². The first-order valence-corrected chi connectivity index (χ1v) is 6.27. The third kappa shape index (κ3) is 2.35. The monoisotopic (exact) mass is 214 g/mol. The SMILES string of the molecule is CC1CCC2CCCCCCC2(OO)O1. The molecule has 2 fully saturated rings. The summed E-state index contributed by atoms with van der Waals surface area (Å²) in [5, 5.41) is 9.19. The second-order valence-corrected chi connectivity index (χ2v) is 5.06. The quantitative estimate of drug-likeness (QED) is 0.537. The molecule has 1 N–H and O–H groups in total. The van der Waals surface area contributed by atoms with E-state index in [0.29, 0.717) is 5.92 Å². The highest BCUT2D eigenvalue weighted by Gasteiger charge is 2.45. The summed E-state index contributed by atoms with van der Waals surface area (Å²) in [5.41, 5.74) is 0. The third-order valence-electron chi connectivity index (χ3n) is 3.93. The summed E-state index contributed by atoms with van der Waals surface area (Å²) in [6.07, 6.45) is 9.30. The first-order chi connectivity index (χ1) is 7.27. The average molecular weight is 214 g/mol. The first kappa shape index (κ1) is 11.4. The molecule has 3 nitrogen and oxygen atoms in total. The molecule has 2 aliphatic rings. The normalized spacial score (nSPS) is 42.8. The Kier molecular flexibility index (Phi) is 3.65. The summed E-state index contributed by atoms with van der Waals surface area (Å²) < 4.78 is 5.89. The smallest absolute Gasteiger partial charge is 0.204 e. The Morgan fingerprint density at radius 2 is 1.93 bits per heavy atom. The number of hydrogen-bond donors (Lipinski definition) is 1. The highest BCUT2D eigenvalue weighted by atomic mass is 17.1. The van der Waals surface area contributed by atoms with Gasteiger partial charge in [0.1, 0.15) is 0 Å². The van der Waals surface area contributed by atoms with E-state index in [0.717, 1.165) is 32.1 Å². The van der Waals surface area contributed by atoms with Crippen LogP contribution in [0.2, 0.25) is 0 Å². The number of hydrogen-bond acceptors (Lipinski definition) is 3. The van der Waals surface area contributed by atoms with E-state index in [1.54, 1.807) is 0 Å². The number of rotatable bonds is 1. The van der Waals surface area contributed by atoms with Crippen LogP contribution in [0.3, 0.4) is 0 Å². The maximum atomic E-state index is 9.19. The lowest BCUT2D eigenvalue weighted by molar-refractivity contribution is -0.441. The Balaban J connectivity index is 2.10. The summed E-state index contributed by atoms with van der Waals surface area (Å²) in [6.45, 7) is 2.07. The molecule has 1 saturated heterocycles. The van der Waals surface area contributed by atoms with Gasteiger partial charge in [-0.15, -0.1) is 0 Å². The maximum Gasteiger partial charge on any atom is 0.204 e.